The lowest BCUT2D eigenvalue weighted by Crippen LogP contribution is -2.42. The first kappa shape index (κ1) is 13.1. The van der Waals surface area contributed by atoms with Gasteiger partial charge in [-0.2, -0.15) is 0 Å². The highest BCUT2D eigenvalue weighted by Crippen LogP contribution is 2.19. The number of carboxylic acid groups (broad SMARTS) is 1. The molecule has 0 spiro atoms. The molecule has 1 saturated heterocycles. The zero-order valence-corrected chi connectivity index (χ0v) is 11.4. The fraction of sp³-hybridized carbons (Fsp3) is 0.385. The Morgan fingerprint density at radius 1 is 1.28 bits per heavy atom. The molecule has 2 rings (SSSR count). The van der Waals surface area contributed by atoms with Gasteiger partial charge in [0.1, 0.15) is 0 Å². The molecule has 0 bridgehead atoms. The molecule has 0 aliphatic carbocycles. The van der Waals surface area contributed by atoms with Gasteiger partial charge in [-0.3, -0.25) is 9.59 Å². The zero-order valence-electron chi connectivity index (χ0n) is 9.80. The van der Waals surface area contributed by atoms with Crippen LogP contribution >= 0.6 is 15.9 Å². The van der Waals surface area contributed by atoms with Crippen LogP contribution in [0.25, 0.3) is 0 Å². The van der Waals surface area contributed by atoms with E-state index in [2.05, 4.69) is 15.9 Å². The number of piperidine rings is 1. The molecule has 1 aromatic rings. The van der Waals surface area contributed by atoms with E-state index in [0.717, 1.165) is 10.9 Å². The minimum atomic E-state index is -0.816. The summed E-state index contributed by atoms with van der Waals surface area (Å²) in [6.45, 7) is 0.947. The SMILES string of the molecule is O=C(O)C1CCCN(C(=O)c2ccc(Br)cc2)C1. The maximum Gasteiger partial charge on any atom is 0.308 e. The van der Waals surface area contributed by atoms with Crippen molar-refractivity contribution >= 4 is 27.8 Å². The molecular weight excluding hydrogens is 298 g/mol. The van der Waals surface area contributed by atoms with E-state index in [-0.39, 0.29) is 5.91 Å². The molecular formula is C13H14BrNO3. The van der Waals surface area contributed by atoms with Crippen molar-refractivity contribution in [3.05, 3.63) is 34.3 Å². The van der Waals surface area contributed by atoms with Crippen LogP contribution in [0.5, 0.6) is 0 Å². The Balaban J connectivity index is 2.09. The summed E-state index contributed by atoms with van der Waals surface area (Å²) in [5.74, 6) is -1.34. The number of halogens is 1. The lowest BCUT2D eigenvalue weighted by atomic mass is 9.97. The molecule has 1 aliphatic rings. The normalized spacial score (nSPS) is 19.6. The number of carbonyl (C=O) groups is 2. The first-order valence-corrected chi connectivity index (χ1v) is 6.65. The maximum atomic E-state index is 12.2. The minimum absolute atomic E-state index is 0.0894. The number of aliphatic carboxylic acids is 1. The minimum Gasteiger partial charge on any atom is -0.481 e. The third-order valence-electron chi connectivity index (χ3n) is 3.15. The lowest BCUT2D eigenvalue weighted by molar-refractivity contribution is -0.143. The molecule has 18 heavy (non-hydrogen) atoms. The summed E-state index contributed by atoms with van der Waals surface area (Å²) in [6, 6.07) is 7.12. The summed E-state index contributed by atoms with van der Waals surface area (Å²) in [4.78, 5) is 24.8. The summed E-state index contributed by atoms with van der Waals surface area (Å²) in [6.07, 6.45) is 1.40. The van der Waals surface area contributed by atoms with Crippen LogP contribution in [0.4, 0.5) is 0 Å². The predicted octanol–water partition coefficient (Wildman–Crippen LogP) is 2.39. The Morgan fingerprint density at radius 3 is 2.56 bits per heavy atom. The number of hydrogen-bond acceptors (Lipinski definition) is 2. The maximum absolute atomic E-state index is 12.2. The van der Waals surface area contributed by atoms with Crippen LogP contribution < -0.4 is 0 Å². The van der Waals surface area contributed by atoms with Crippen LogP contribution in [0.3, 0.4) is 0 Å². The van der Waals surface area contributed by atoms with Crippen LogP contribution in [-0.2, 0) is 4.79 Å². The van der Waals surface area contributed by atoms with Crippen molar-refractivity contribution in [2.75, 3.05) is 13.1 Å². The van der Waals surface area contributed by atoms with Crippen molar-refractivity contribution in [3.63, 3.8) is 0 Å². The summed E-state index contributed by atoms with van der Waals surface area (Å²) in [5.41, 5.74) is 0.601. The third-order valence-corrected chi connectivity index (χ3v) is 3.68. The Morgan fingerprint density at radius 2 is 1.94 bits per heavy atom. The van der Waals surface area contributed by atoms with Crippen LogP contribution in [-0.4, -0.2) is 35.0 Å². The van der Waals surface area contributed by atoms with Gasteiger partial charge in [-0.05, 0) is 37.1 Å². The van der Waals surface area contributed by atoms with Crippen molar-refractivity contribution in [3.8, 4) is 0 Å². The van der Waals surface area contributed by atoms with Gasteiger partial charge in [0.25, 0.3) is 5.91 Å². The molecule has 96 valence electrons. The largest absolute Gasteiger partial charge is 0.481 e. The highest BCUT2D eigenvalue weighted by Gasteiger charge is 2.28. The number of rotatable bonds is 2. The molecule has 1 unspecified atom stereocenters. The monoisotopic (exact) mass is 311 g/mol. The molecule has 0 aromatic heterocycles. The second kappa shape index (κ2) is 5.52. The molecule has 1 heterocycles. The zero-order chi connectivity index (χ0) is 13.1. The number of hydrogen-bond donors (Lipinski definition) is 1. The van der Waals surface area contributed by atoms with Crippen molar-refractivity contribution in [1.82, 2.24) is 4.90 Å². The quantitative estimate of drug-likeness (QED) is 0.912. The average Bonchev–Trinajstić information content (AvgIpc) is 2.39. The van der Waals surface area contributed by atoms with Crippen LogP contribution in [0.1, 0.15) is 23.2 Å². The average molecular weight is 312 g/mol. The first-order chi connectivity index (χ1) is 8.58. The van der Waals surface area contributed by atoms with Gasteiger partial charge in [0.15, 0.2) is 0 Å². The van der Waals surface area contributed by atoms with E-state index in [0.29, 0.717) is 25.1 Å². The third kappa shape index (κ3) is 2.90. The summed E-state index contributed by atoms with van der Waals surface area (Å²) >= 11 is 3.32. The molecule has 0 radical (unpaired) electrons. The standard InChI is InChI=1S/C13H14BrNO3/c14-11-5-3-9(4-6-11)12(16)15-7-1-2-10(8-15)13(17)18/h3-6,10H,1-2,7-8H2,(H,17,18). The van der Waals surface area contributed by atoms with Gasteiger partial charge in [-0.1, -0.05) is 15.9 Å². The number of carbonyl (C=O) groups excluding carboxylic acids is 1. The highest BCUT2D eigenvalue weighted by atomic mass is 79.9. The molecule has 1 aliphatic heterocycles. The molecule has 1 fully saturated rings. The smallest absolute Gasteiger partial charge is 0.308 e. The fourth-order valence-corrected chi connectivity index (χ4v) is 2.40. The van der Waals surface area contributed by atoms with E-state index in [1.54, 1.807) is 17.0 Å². The fourth-order valence-electron chi connectivity index (χ4n) is 2.14. The number of carboxylic acids is 1. The van der Waals surface area contributed by atoms with Crippen molar-refractivity contribution in [2.45, 2.75) is 12.8 Å². The number of benzene rings is 1. The van der Waals surface area contributed by atoms with E-state index < -0.39 is 11.9 Å². The topological polar surface area (TPSA) is 57.6 Å². The molecule has 5 heteroatoms. The summed E-state index contributed by atoms with van der Waals surface area (Å²) in [5, 5.41) is 9.00. The second-order valence-corrected chi connectivity index (χ2v) is 5.35. The van der Waals surface area contributed by atoms with Gasteiger partial charge < -0.3 is 10.0 Å². The van der Waals surface area contributed by atoms with E-state index in [4.69, 9.17) is 5.11 Å². The molecule has 1 atom stereocenters. The molecule has 0 saturated carbocycles. The van der Waals surface area contributed by atoms with E-state index in [9.17, 15) is 9.59 Å². The van der Waals surface area contributed by atoms with Gasteiger partial charge in [-0.15, -0.1) is 0 Å². The van der Waals surface area contributed by atoms with Crippen molar-refractivity contribution in [2.24, 2.45) is 5.92 Å². The molecule has 4 nitrogen and oxygen atoms in total. The summed E-state index contributed by atoms with van der Waals surface area (Å²) in [7, 11) is 0. The van der Waals surface area contributed by atoms with Gasteiger partial charge in [0.2, 0.25) is 0 Å². The highest BCUT2D eigenvalue weighted by molar-refractivity contribution is 9.10. The first-order valence-electron chi connectivity index (χ1n) is 5.85. The second-order valence-electron chi connectivity index (χ2n) is 4.44. The number of amides is 1. The van der Waals surface area contributed by atoms with E-state index in [1.807, 2.05) is 12.1 Å². The van der Waals surface area contributed by atoms with Gasteiger partial charge in [0.05, 0.1) is 5.92 Å². The summed E-state index contributed by atoms with van der Waals surface area (Å²) < 4.78 is 0.918. The number of nitrogens with zero attached hydrogens (tertiary/aromatic N) is 1. The van der Waals surface area contributed by atoms with Crippen LogP contribution in [0.15, 0.2) is 28.7 Å². The Kier molecular flexibility index (Phi) is 4.01. The number of likely N-dealkylation sites (tertiary alicyclic amines) is 1. The Labute approximate surface area is 114 Å². The molecule has 1 N–H and O–H groups in total. The van der Waals surface area contributed by atoms with Gasteiger partial charge >= 0.3 is 5.97 Å². The van der Waals surface area contributed by atoms with Crippen molar-refractivity contribution < 1.29 is 14.7 Å². The van der Waals surface area contributed by atoms with E-state index >= 15 is 0 Å². The molecule has 1 aromatic carbocycles. The van der Waals surface area contributed by atoms with Crippen LogP contribution in [0, 0.1) is 5.92 Å². The Bertz CT molecular complexity index is 458. The predicted molar refractivity (Wildman–Crippen MR) is 70.4 cm³/mol. The van der Waals surface area contributed by atoms with Gasteiger partial charge in [-0.25, -0.2) is 0 Å². The van der Waals surface area contributed by atoms with Crippen molar-refractivity contribution in [1.29, 1.82) is 0 Å². The molecule has 1 amide bonds. The van der Waals surface area contributed by atoms with Gasteiger partial charge in [0, 0.05) is 23.1 Å². The lowest BCUT2D eigenvalue weighted by Gasteiger charge is -2.30. The van der Waals surface area contributed by atoms with Crippen LogP contribution in [0.2, 0.25) is 0 Å². The Hall–Kier alpha value is -1.36. The van der Waals surface area contributed by atoms with E-state index in [1.165, 1.54) is 0 Å².